The van der Waals surface area contributed by atoms with E-state index >= 15 is 0 Å². The summed E-state index contributed by atoms with van der Waals surface area (Å²) in [6.07, 6.45) is 1.72. The van der Waals surface area contributed by atoms with Crippen LogP contribution in [0.4, 0.5) is 5.13 Å². The van der Waals surface area contributed by atoms with Crippen molar-refractivity contribution in [2.24, 2.45) is 0 Å². The number of carbonyl (C=O) groups excluding carboxylic acids is 1. The van der Waals surface area contributed by atoms with Gasteiger partial charge in [-0.15, -0.1) is 12.4 Å². The van der Waals surface area contributed by atoms with Crippen LogP contribution < -0.4 is 9.64 Å². The van der Waals surface area contributed by atoms with Gasteiger partial charge in [-0.25, -0.2) is 13.4 Å². The first-order chi connectivity index (χ1) is 17.7. The molecule has 1 fully saturated rings. The monoisotopic (exact) mass is 582 g/mol. The Labute approximate surface area is 234 Å². The van der Waals surface area contributed by atoms with Crippen LogP contribution in [0.3, 0.4) is 0 Å². The highest BCUT2D eigenvalue weighted by atomic mass is 35.5. The first-order valence-corrected chi connectivity index (χ1v) is 14.6. The molecule has 208 valence electrons. The van der Waals surface area contributed by atoms with E-state index in [2.05, 4.69) is 0 Å². The molecule has 0 radical (unpaired) electrons. The third kappa shape index (κ3) is 7.02. The highest BCUT2D eigenvalue weighted by Crippen LogP contribution is 2.32. The minimum atomic E-state index is -3.69. The fraction of sp³-hybridized carbons (Fsp3) is 0.462. The molecule has 1 atom stereocenters. The average Bonchev–Trinajstić information content (AvgIpc) is 3.53. The Kier molecular flexibility index (Phi) is 10.5. The van der Waals surface area contributed by atoms with Crippen molar-refractivity contribution in [2.75, 3.05) is 58.9 Å². The lowest BCUT2D eigenvalue weighted by Gasteiger charge is -2.22. The van der Waals surface area contributed by atoms with E-state index in [-0.39, 0.29) is 29.3 Å². The molecule has 0 spiro atoms. The van der Waals surface area contributed by atoms with Crippen molar-refractivity contribution in [1.29, 1.82) is 0 Å². The molecule has 3 aromatic rings. The predicted octanol–water partition coefficient (Wildman–Crippen LogP) is 4.12. The molecule has 9 nitrogen and oxygen atoms in total. The summed E-state index contributed by atoms with van der Waals surface area (Å²) < 4.78 is 39.6. The SMILES string of the molecule is CCOc1ccc2nc(N(CCN(C)C)C(=O)c3ccc(S(=O)(=O)N(C)CC4CCCO4)cc3)sc2c1.Cl. The quantitative estimate of drug-likeness (QED) is 0.336. The number of halogens is 1. The number of ether oxygens (including phenoxy) is 2. The Morgan fingerprint density at radius 3 is 2.50 bits per heavy atom. The molecule has 0 bridgehead atoms. The lowest BCUT2D eigenvalue weighted by molar-refractivity contribution is 0.0978. The molecule has 38 heavy (non-hydrogen) atoms. The molecule has 12 heteroatoms. The van der Waals surface area contributed by atoms with E-state index in [0.717, 1.165) is 28.8 Å². The summed E-state index contributed by atoms with van der Waals surface area (Å²) in [7, 11) is 1.76. The Balaban J connectivity index is 0.00000400. The summed E-state index contributed by atoms with van der Waals surface area (Å²) in [4.78, 5) is 22.1. The third-order valence-electron chi connectivity index (χ3n) is 6.20. The Bertz CT molecular complexity index is 1330. The first kappa shape index (κ1) is 30.3. The number of benzene rings is 2. The number of fused-ring (bicyclic) bond motifs is 1. The van der Waals surface area contributed by atoms with Crippen LogP contribution in [0.5, 0.6) is 5.75 Å². The minimum absolute atomic E-state index is 0. The van der Waals surface area contributed by atoms with E-state index in [9.17, 15) is 13.2 Å². The second-order valence-corrected chi connectivity index (χ2v) is 12.3. The van der Waals surface area contributed by atoms with E-state index in [1.165, 1.54) is 27.8 Å². The topological polar surface area (TPSA) is 92.3 Å². The van der Waals surface area contributed by atoms with Gasteiger partial charge in [-0.2, -0.15) is 4.31 Å². The number of thiazole rings is 1. The van der Waals surface area contributed by atoms with Crippen molar-refractivity contribution >= 4 is 55.0 Å². The largest absolute Gasteiger partial charge is 0.494 e. The van der Waals surface area contributed by atoms with E-state index in [0.29, 0.717) is 43.5 Å². The van der Waals surface area contributed by atoms with E-state index in [1.807, 2.05) is 44.1 Å². The maximum Gasteiger partial charge on any atom is 0.260 e. The maximum absolute atomic E-state index is 13.6. The minimum Gasteiger partial charge on any atom is -0.494 e. The number of carbonyl (C=O) groups is 1. The van der Waals surface area contributed by atoms with Gasteiger partial charge >= 0.3 is 0 Å². The van der Waals surface area contributed by atoms with E-state index in [4.69, 9.17) is 14.5 Å². The fourth-order valence-corrected chi connectivity index (χ4v) is 6.35. The lowest BCUT2D eigenvalue weighted by atomic mass is 10.2. The van der Waals surface area contributed by atoms with Crippen LogP contribution in [-0.4, -0.2) is 88.6 Å². The number of hydrogen-bond acceptors (Lipinski definition) is 8. The molecule has 0 aliphatic carbocycles. The van der Waals surface area contributed by atoms with Crippen LogP contribution in [0.25, 0.3) is 10.2 Å². The van der Waals surface area contributed by atoms with Crippen molar-refractivity contribution in [1.82, 2.24) is 14.2 Å². The molecule has 1 unspecified atom stereocenters. The summed E-state index contributed by atoms with van der Waals surface area (Å²) in [6, 6.07) is 11.8. The van der Waals surface area contributed by atoms with Gasteiger partial charge in [-0.05, 0) is 76.3 Å². The average molecular weight is 583 g/mol. The number of nitrogens with zero attached hydrogens (tertiary/aromatic N) is 4. The van der Waals surface area contributed by atoms with Crippen molar-refractivity contribution in [3.8, 4) is 5.75 Å². The number of hydrogen-bond donors (Lipinski definition) is 0. The van der Waals surface area contributed by atoms with Crippen molar-refractivity contribution in [2.45, 2.75) is 30.8 Å². The number of likely N-dealkylation sites (N-methyl/N-ethyl adjacent to an activating group) is 2. The zero-order valence-corrected chi connectivity index (χ0v) is 24.6. The number of rotatable bonds is 11. The molecule has 2 heterocycles. The summed E-state index contributed by atoms with van der Waals surface area (Å²) in [5.74, 6) is 0.528. The molecular formula is C26H35ClN4O5S2. The molecule has 1 saturated heterocycles. The van der Waals surface area contributed by atoms with Gasteiger partial charge in [0.1, 0.15) is 5.75 Å². The van der Waals surface area contributed by atoms with Crippen LogP contribution in [0, 0.1) is 0 Å². The number of anilines is 1. The van der Waals surface area contributed by atoms with E-state index < -0.39 is 10.0 Å². The smallest absolute Gasteiger partial charge is 0.260 e. The van der Waals surface area contributed by atoms with Gasteiger partial charge in [-0.3, -0.25) is 9.69 Å². The standard InChI is InChI=1S/C26H34N4O5S2.ClH/c1-5-34-20-10-13-23-24(17-20)36-26(27-23)30(15-14-28(2)3)25(31)19-8-11-22(12-9-19)37(32,33)29(4)18-21-7-6-16-35-21;/h8-13,17,21H,5-7,14-16,18H2,1-4H3;1H. The highest BCUT2D eigenvalue weighted by Gasteiger charge is 2.27. The van der Waals surface area contributed by atoms with Crippen LogP contribution in [-0.2, 0) is 14.8 Å². The highest BCUT2D eigenvalue weighted by molar-refractivity contribution is 7.89. The Morgan fingerprint density at radius 1 is 1.13 bits per heavy atom. The summed E-state index contributed by atoms with van der Waals surface area (Å²) >= 11 is 1.43. The van der Waals surface area contributed by atoms with Gasteiger partial charge in [0.25, 0.3) is 5.91 Å². The number of amides is 1. The first-order valence-electron chi connectivity index (χ1n) is 12.4. The molecule has 1 aliphatic rings. The molecule has 2 aromatic carbocycles. The second kappa shape index (κ2) is 13.2. The molecule has 4 rings (SSSR count). The molecule has 0 saturated carbocycles. The van der Waals surface area contributed by atoms with Crippen molar-refractivity contribution in [3.63, 3.8) is 0 Å². The van der Waals surface area contributed by atoms with Crippen LogP contribution in [0.15, 0.2) is 47.4 Å². The van der Waals surface area contributed by atoms with Gasteiger partial charge in [0.15, 0.2) is 5.13 Å². The van der Waals surface area contributed by atoms with Crippen LogP contribution >= 0.6 is 23.7 Å². The molecular weight excluding hydrogens is 548 g/mol. The predicted molar refractivity (Wildman–Crippen MR) is 153 cm³/mol. The summed E-state index contributed by atoms with van der Waals surface area (Å²) in [5, 5.41) is 0.587. The van der Waals surface area contributed by atoms with Crippen LogP contribution in [0.1, 0.15) is 30.1 Å². The molecule has 1 aliphatic heterocycles. The summed E-state index contributed by atoms with van der Waals surface area (Å²) in [5.41, 5.74) is 1.19. The molecule has 1 aromatic heterocycles. The number of aromatic nitrogens is 1. The molecule has 0 N–H and O–H groups in total. The molecule has 1 amide bonds. The third-order valence-corrected chi connectivity index (χ3v) is 9.08. The number of sulfonamides is 1. The Morgan fingerprint density at radius 2 is 1.87 bits per heavy atom. The Hall–Kier alpha value is -2.28. The van der Waals surface area contributed by atoms with E-state index in [1.54, 1.807) is 24.1 Å². The second-order valence-electron chi connectivity index (χ2n) is 9.26. The summed E-state index contributed by atoms with van der Waals surface area (Å²) in [6.45, 7) is 4.56. The fourth-order valence-electron chi connectivity index (χ4n) is 4.13. The van der Waals surface area contributed by atoms with Crippen molar-refractivity contribution in [3.05, 3.63) is 48.0 Å². The zero-order valence-electron chi connectivity index (χ0n) is 22.1. The van der Waals surface area contributed by atoms with Gasteiger partial charge in [-0.1, -0.05) is 11.3 Å². The normalized spacial score (nSPS) is 15.7. The lowest BCUT2D eigenvalue weighted by Crippen LogP contribution is -2.37. The van der Waals surface area contributed by atoms with Gasteiger partial charge < -0.3 is 14.4 Å². The maximum atomic E-state index is 13.6. The zero-order chi connectivity index (χ0) is 26.6. The van der Waals surface area contributed by atoms with Gasteiger partial charge in [0, 0.05) is 38.9 Å². The van der Waals surface area contributed by atoms with Gasteiger partial charge in [0.05, 0.1) is 27.8 Å². The van der Waals surface area contributed by atoms with Crippen LogP contribution in [0.2, 0.25) is 0 Å². The van der Waals surface area contributed by atoms with Crippen molar-refractivity contribution < 1.29 is 22.7 Å². The van der Waals surface area contributed by atoms with Gasteiger partial charge in [0.2, 0.25) is 10.0 Å².